The summed E-state index contributed by atoms with van der Waals surface area (Å²) in [4.78, 5) is 2.39. The average molecular weight is 389 g/mol. The van der Waals surface area contributed by atoms with Crippen LogP contribution in [-0.2, 0) is 16.4 Å². The molecular formula is C21H28N2O3S. The van der Waals surface area contributed by atoms with Crippen LogP contribution in [0, 0.1) is 20.8 Å². The van der Waals surface area contributed by atoms with Gasteiger partial charge in [-0.25, -0.2) is 13.1 Å². The summed E-state index contributed by atoms with van der Waals surface area (Å²) in [6.45, 7) is 6.78. The zero-order valence-electron chi connectivity index (χ0n) is 16.7. The third-order valence-electron chi connectivity index (χ3n) is 5.27. The van der Waals surface area contributed by atoms with Crippen LogP contribution < -0.4 is 9.46 Å². The molecule has 146 valence electrons. The topological polar surface area (TPSA) is 58.6 Å². The van der Waals surface area contributed by atoms with Gasteiger partial charge in [-0.15, -0.1) is 0 Å². The summed E-state index contributed by atoms with van der Waals surface area (Å²) in [5, 5.41) is 0. The van der Waals surface area contributed by atoms with Gasteiger partial charge in [-0.05, 0) is 74.8 Å². The van der Waals surface area contributed by atoms with Gasteiger partial charge in [0.2, 0.25) is 10.0 Å². The molecule has 0 saturated carbocycles. The van der Waals surface area contributed by atoms with E-state index in [4.69, 9.17) is 4.74 Å². The van der Waals surface area contributed by atoms with Gasteiger partial charge in [-0.1, -0.05) is 18.2 Å². The number of nitrogens with one attached hydrogen (secondary N) is 1. The summed E-state index contributed by atoms with van der Waals surface area (Å²) in [5.41, 5.74) is 5.11. The van der Waals surface area contributed by atoms with Crippen molar-refractivity contribution in [3.8, 4) is 5.75 Å². The van der Waals surface area contributed by atoms with Gasteiger partial charge in [-0.2, -0.15) is 0 Å². The van der Waals surface area contributed by atoms with Gasteiger partial charge in [-0.3, -0.25) is 0 Å². The monoisotopic (exact) mass is 388 g/mol. The molecule has 2 aromatic rings. The zero-order valence-corrected chi connectivity index (χ0v) is 17.5. The van der Waals surface area contributed by atoms with E-state index < -0.39 is 10.0 Å². The molecule has 1 atom stereocenters. The van der Waals surface area contributed by atoms with Crippen molar-refractivity contribution in [2.45, 2.75) is 38.1 Å². The molecule has 0 saturated heterocycles. The Balaban J connectivity index is 1.83. The maximum absolute atomic E-state index is 12.9. The van der Waals surface area contributed by atoms with Crippen molar-refractivity contribution in [3.05, 3.63) is 58.1 Å². The molecule has 2 aromatic carbocycles. The Hall–Kier alpha value is -1.89. The van der Waals surface area contributed by atoms with Crippen molar-refractivity contribution in [1.29, 1.82) is 0 Å². The minimum Gasteiger partial charge on any atom is -0.493 e. The highest BCUT2D eigenvalue weighted by Crippen LogP contribution is 2.29. The highest BCUT2D eigenvalue weighted by atomic mass is 32.2. The lowest BCUT2D eigenvalue weighted by atomic mass is 10.0. The fraction of sp³-hybridized carbons (Fsp3) is 0.429. The largest absolute Gasteiger partial charge is 0.493 e. The first-order valence-electron chi connectivity index (χ1n) is 9.18. The average Bonchev–Trinajstić information content (AvgIpc) is 3.05. The molecule has 0 bridgehead atoms. The Labute approximate surface area is 162 Å². The van der Waals surface area contributed by atoms with Crippen molar-refractivity contribution in [2.75, 3.05) is 27.2 Å². The number of likely N-dealkylation sites (N-methyl/N-ethyl adjacent to an activating group) is 1. The second kappa shape index (κ2) is 7.62. The first-order chi connectivity index (χ1) is 12.7. The van der Waals surface area contributed by atoms with Crippen LogP contribution in [0.2, 0.25) is 0 Å². The first-order valence-corrected chi connectivity index (χ1v) is 10.7. The van der Waals surface area contributed by atoms with Gasteiger partial charge in [0.1, 0.15) is 5.75 Å². The summed E-state index contributed by atoms with van der Waals surface area (Å²) < 4.78 is 34.2. The maximum Gasteiger partial charge on any atom is 0.240 e. The molecule has 0 radical (unpaired) electrons. The minimum atomic E-state index is -3.58. The Morgan fingerprint density at radius 1 is 1.07 bits per heavy atom. The van der Waals surface area contributed by atoms with Crippen molar-refractivity contribution >= 4 is 10.0 Å². The number of fused-ring (bicyclic) bond motifs is 1. The molecule has 1 aliphatic heterocycles. The van der Waals surface area contributed by atoms with Gasteiger partial charge in [0.05, 0.1) is 11.5 Å². The molecule has 3 rings (SSSR count). The van der Waals surface area contributed by atoms with Crippen molar-refractivity contribution in [1.82, 2.24) is 9.62 Å². The van der Waals surface area contributed by atoms with E-state index in [1.807, 2.05) is 58.0 Å². The zero-order chi connectivity index (χ0) is 19.8. The second-order valence-electron chi connectivity index (χ2n) is 7.50. The molecular weight excluding hydrogens is 360 g/mol. The maximum atomic E-state index is 12.9. The van der Waals surface area contributed by atoms with Crippen LogP contribution in [0.5, 0.6) is 5.75 Å². The van der Waals surface area contributed by atoms with Crippen LogP contribution >= 0.6 is 0 Å². The number of nitrogens with zero attached hydrogens (tertiary/aromatic N) is 1. The molecule has 0 aliphatic carbocycles. The lowest BCUT2D eigenvalue weighted by molar-refractivity contribution is 0.299. The number of hydrogen-bond donors (Lipinski definition) is 1. The lowest BCUT2D eigenvalue weighted by Gasteiger charge is -2.25. The molecule has 0 fully saturated rings. The summed E-state index contributed by atoms with van der Waals surface area (Å²) in [6, 6.07) is 9.75. The van der Waals surface area contributed by atoms with E-state index in [9.17, 15) is 8.42 Å². The minimum absolute atomic E-state index is 0.0578. The number of benzene rings is 2. The molecule has 1 aliphatic rings. The van der Waals surface area contributed by atoms with Crippen LogP contribution in [-0.4, -0.2) is 40.6 Å². The highest BCUT2D eigenvalue weighted by molar-refractivity contribution is 7.89. The third-order valence-corrected chi connectivity index (χ3v) is 6.83. The van der Waals surface area contributed by atoms with Crippen molar-refractivity contribution < 1.29 is 13.2 Å². The summed E-state index contributed by atoms with van der Waals surface area (Å²) in [6.07, 6.45) is 0.900. The van der Waals surface area contributed by atoms with Crippen LogP contribution in [0.3, 0.4) is 0 Å². The Morgan fingerprint density at radius 3 is 2.48 bits per heavy atom. The number of sulfonamides is 1. The summed E-state index contributed by atoms with van der Waals surface area (Å²) in [7, 11) is 0.345. The molecule has 1 heterocycles. The predicted molar refractivity (Wildman–Crippen MR) is 108 cm³/mol. The number of ether oxygens (including phenoxy) is 1. The Bertz CT molecular complexity index is 952. The van der Waals surface area contributed by atoms with E-state index in [1.54, 1.807) is 6.07 Å². The van der Waals surface area contributed by atoms with Gasteiger partial charge in [0.15, 0.2) is 0 Å². The molecule has 1 unspecified atom stereocenters. The molecule has 0 spiro atoms. The van der Waals surface area contributed by atoms with Crippen LogP contribution in [0.15, 0.2) is 35.2 Å². The molecule has 27 heavy (non-hydrogen) atoms. The quantitative estimate of drug-likeness (QED) is 0.826. The SMILES string of the molecule is Cc1cc(C)c(S(=O)(=O)NCC(c2ccc3c(c2)CCO3)N(C)C)cc1C. The molecule has 1 N–H and O–H groups in total. The Morgan fingerprint density at radius 2 is 1.78 bits per heavy atom. The number of rotatable bonds is 6. The smallest absolute Gasteiger partial charge is 0.240 e. The van der Waals surface area contributed by atoms with E-state index >= 15 is 0 Å². The van der Waals surface area contributed by atoms with E-state index in [1.165, 1.54) is 5.56 Å². The van der Waals surface area contributed by atoms with Gasteiger partial charge in [0, 0.05) is 19.0 Å². The highest BCUT2D eigenvalue weighted by Gasteiger charge is 2.23. The first kappa shape index (κ1) is 19.9. The fourth-order valence-corrected chi connectivity index (χ4v) is 4.85. The van der Waals surface area contributed by atoms with E-state index in [2.05, 4.69) is 10.8 Å². The summed E-state index contributed by atoms with van der Waals surface area (Å²) in [5.74, 6) is 0.933. The standard InChI is InChI=1S/C21H28N2O3S/c1-14-10-16(3)21(11-15(14)2)27(24,25)22-13-19(23(4)5)17-6-7-20-18(12-17)8-9-26-20/h6-7,10-12,19,22H,8-9,13H2,1-5H3. The van der Waals surface area contributed by atoms with Crippen LogP contribution in [0.25, 0.3) is 0 Å². The number of hydrogen-bond acceptors (Lipinski definition) is 4. The van der Waals surface area contributed by atoms with E-state index in [-0.39, 0.29) is 6.04 Å². The van der Waals surface area contributed by atoms with Gasteiger partial charge < -0.3 is 9.64 Å². The van der Waals surface area contributed by atoms with Gasteiger partial charge >= 0.3 is 0 Å². The number of aryl methyl sites for hydroxylation is 3. The third kappa shape index (κ3) is 4.18. The predicted octanol–water partition coefficient (Wildman–Crippen LogP) is 3.13. The molecule has 0 aromatic heterocycles. The molecule has 0 amide bonds. The lowest BCUT2D eigenvalue weighted by Crippen LogP contribution is -2.35. The van der Waals surface area contributed by atoms with E-state index in [0.29, 0.717) is 18.0 Å². The Kier molecular flexibility index (Phi) is 5.60. The molecule has 6 heteroatoms. The van der Waals surface area contributed by atoms with Crippen molar-refractivity contribution in [3.63, 3.8) is 0 Å². The van der Waals surface area contributed by atoms with Crippen molar-refractivity contribution in [2.24, 2.45) is 0 Å². The van der Waals surface area contributed by atoms with Crippen LogP contribution in [0.1, 0.15) is 33.9 Å². The fourth-order valence-electron chi connectivity index (χ4n) is 3.50. The normalized spacial score (nSPS) is 14.9. The van der Waals surface area contributed by atoms with E-state index in [0.717, 1.165) is 34.4 Å². The summed E-state index contributed by atoms with van der Waals surface area (Å²) >= 11 is 0. The van der Waals surface area contributed by atoms with Crippen LogP contribution in [0.4, 0.5) is 0 Å². The van der Waals surface area contributed by atoms with Gasteiger partial charge in [0.25, 0.3) is 0 Å². The molecule has 5 nitrogen and oxygen atoms in total. The second-order valence-corrected chi connectivity index (χ2v) is 9.23.